The number of rotatable bonds is 2. The first-order chi connectivity index (χ1) is 13.9. The highest BCUT2D eigenvalue weighted by molar-refractivity contribution is 5.54. The molecule has 4 aliphatic carbocycles. The largest absolute Gasteiger partial charge is 0.395 e. The number of aliphatic hydroxyl groups excluding tert-OH is 3. The van der Waals surface area contributed by atoms with Gasteiger partial charge in [-0.05, 0) is 86.5 Å². The van der Waals surface area contributed by atoms with Crippen LogP contribution in [0.4, 0.5) is 0 Å². The third-order valence-corrected chi connectivity index (χ3v) is 9.52. The summed E-state index contributed by atoms with van der Waals surface area (Å²) in [6, 6.07) is 6.14. The molecule has 1 aromatic heterocycles. The maximum Gasteiger partial charge on any atom is 0.194 e. The lowest BCUT2D eigenvalue weighted by Gasteiger charge is -2.61. The van der Waals surface area contributed by atoms with Crippen molar-refractivity contribution in [2.45, 2.75) is 71.0 Å². The van der Waals surface area contributed by atoms with Crippen molar-refractivity contribution < 1.29 is 19.9 Å². The van der Waals surface area contributed by atoms with Crippen molar-refractivity contribution in [2.75, 3.05) is 6.61 Å². The summed E-state index contributed by atoms with van der Waals surface area (Å²) in [6.45, 7) is 4.80. The molecule has 1 heterocycles. The van der Waals surface area contributed by atoms with Crippen LogP contribution < -0.4 is 4.57 Å². The van der Waals surface area contributed by atoms with Crippen LogP contribution in [-0.2, 0) is 0 Å². The van der Waals surface area contributed by atoms with E-state index in [4.69, 9.17) is 0 Å². The van der Waals surface area contributed by atoms with Gasteiger partial charge in [-0.3, -0.25) is 0 Å². The van der Waals surface area contributed by atoms with E-state index in [1.54, 1.807) is 0 Å². The third kappa shape index (κ3) is 2.72. The van der Waals surface area contributed by atoms with E-state index in [-0.39, 0.29) is 35.6 Å². The van der Waals surface area contributed by atoms with Gasteiger partial charge in [0, 0.05) is 12.1 Å². The summed E-state index contributed by atoms with van der Waals surface area (Å²) in [6.07, 6.45) is 10.3. The highest BCUT2D eigenvalue weighted by Gasteiger charge is 2.65. The zero-order valence-electron chi connectivity index (χ0n) is 17.8. The smallest absolute Gasteiger partial charge is 0.194 e. The molecule has 3 N–H and O–H groups in total. The lowest BCUT2D eigenvalue weighted by atomic mass is 9.44. The summed E-state index contributed by atoms with van der Waals surface area (Å²) < 4.78 is 2.21. The Morgan fingerprint density at radius 1 is 1.03 bits per heavy atom. The van der Waals surface area contributed by atoms with Crippen molar-refractivity contribution in [1.82, 2.24) is 0 Å². The Morgan fingerprint density at radius 3 is 2.52 bits per heavy atom. The molecule has 3 saturated carbocycles. The molecule has 1 aromatic rings. The fourth-order valence-corrected chi connectivity index (χ4v) is 8.22. The van der Waals surface area contributed by atoms with Crippen LogP contribution in [0.3, 0.4) is 0 Å². The molecular formula is C25H36NO3+. The van der Waals surface area contributed by atoms with Gasteiger partial charge in [-0.1, -0.05) is 13.0 Å². The minimum absolute atomic E-state index is 0.154. The van der Waals surface area contributed by atoms with E-state index in [9.17, 15) is 15.3 Å². The highest BCUT2D eigenvalue weighted by Crippen LogP contribution is 2.67. The summed E-state index contributed by atoms with van der Waals surface area (Å²) in [5.41, 5.74) is 2.58. The van der Waals surface area contributed by atoms with Gasteiger partial charge in [-0.2, -0.15) is 4.57 Å². The second-order valence-corrected chi connectivity index (χ2v) is 10.7. The molecular weight excluding hydrogens is 362 g/mol. The number of fused-ring (bicyclic) bond motifs is 5. The second kappa shape index (κ2) is 6.90. The maximum absolute atomic E-state index is 11.4. The van der Waals surface area contributed by atoms with E-state index in [0.717, 1.165) is 44.9 Å². The summed E-state index contributed by atoms with van der Waals surface area (Å²) in [5.74, 6) is 1.45. The molecule has 0 aliphatic heterocycles. The van der Waals surface area contributed by atoms with Crippen molar-refractivity contribution in [3.8, 4) is 0 Å². The zero-order chi connectivity index (χ0) is 20.4. The number of aliphatic hydroxyl groups is 3. The van der Waals surface area contributed by atoms with Gasteiger partial charge in [0.2, 0.25) is 0 Å². The van der Waals surface area contributed by atoms with Crippen LogP contribution >= 0.6 is 0 Å². The molecule has 4 nitrogen and oxygen atoms in total. The molecule has 0 spiro atoms. The Hall–Kier alpha value is -1.23. The third-order valence-electron chi connectivity index (χ3n) is 9.52. The monoisotopic (exact) mass is 398 g/mol. The van der Waals surface area contributed by atoms with Crippen LogP contribution in [-0.4, -0.2) is 34.1 Å². The normalized spacial score (nSPS) is 46.8. The van der Waals surface area contributed by atoms with Crippen LogP contribution in [0.5, 0.6) is 0 Å². The molecule has 0 radical (unpaired) electrons. The minimum atomic E-state index is -0.326. The van der Waals surface area contributed by atoms with Gasteiger partial charge in [0.1, 0.15) is 0 Å². The van der Waals surface area contributed by atoms with E-state index in [1.807, 2.05) is 6.07 Å². The summed E-state index contributed by atoms with van der Waals surface area (Å²) in [7, 11) is 0. The first-order valence-electron chi connectivity index (χ1n) is 11.5. The predicted molar refractivity (Wildman–Crippen MR) is 111 cm³/mol. The molecule has 5 rings (SSSR count). The van der Waals surface area contributed by atoms with Gasteiger partial charge >= 0.3 is 0 Å². The second-order valence-electron chi connectivity index (χ2n) is 10.7. The van der Waals surface area contributed by atoms with E-state index >= 15 is 0 Å². The Labute approximate surface area is 174 Å². The first kappa shape index (κ1) is 19.7. The lowest BCUT2D eigenvalue weighted by molar-refractivity contribution is -0.591. The van der Waals surface area contributed by atoms with Gasteiger partial charge in [0.15, 0.2) is 18.1 Å². The van der Waals surface area contributed by atoms with Crippen LogP contribution in [0.25, 0.3) is 5.70 Å². The number of nitrogens with zero attached hydrogens (tertiary/aromatic N) is 1. The molecule has 0 bridgehead atoms. The SMILES string of the molecule is CC1=C([n+]2ccccc2)C2(CO)CCC3C(C(O)CC4CC(O)CCC43C)C2C1. The van der Waals surface area contributed by atoms with Crippen molar-refractivity contribution >= 4 is 5.70 Å². The molecule has 0 amide bonds. The van der Waals surface area contributed by atoms with Crippen LogP contribution in [0, 0.1) is 34.5 Å². The molecule has 4 aliphatic rings. The van der Waals surface area contributed by atoms with E-state index in [1.165, 1.54) is 11.3 Å². The molecule has 3 fully saturated rings. The number of hydrogen-bond donors (Lipinski definition) is 3. The average Bonchev–Trinajstić information content (AvgIpc) is 3.02. The van der Waals surface area contributed by atoms with Crippen molar-refractivity contribution in [1.29, 1.82) is 0 Å². The van der Waals surface area contributed by atoms with Crippen LogP contribution in [0.1, 0.15) is 58.8 Å². The first-order valence-corrected chi connectivity index (χ1v) is 11.5. The number of aromatic nitrogens is 1. The fourth-order valence-electron chi connectivity index (χ4n) is 8.22. The standard InChI is InChI=1S/C25H36NO3/c1-16-12-20-22-19(24(2)8-6-18(28)13-17(24)14-21(22)29)7-9-25(20,15-27)23(16)26-10-4-3-5-11-26/h3-5,10-11,17-22,27-29H,6-9,12-15H2,1-2H3/q+1. The van der Waals surface area contributed by atoms with Crippen LogP contribution in [0.2, 0.25) is 0 Å². The summed E-state index contributed by atoms with van der Waals surface area (Å²) in [5, 5.41) is 32.3. The quantitative estimate of drug-likeness (QED) is 0.671. The van der Waals surface area contributed by atoms with Crippen molar-refractivity contribution in [3.63, 3.8) is 0 Å². The van der Waals surface area contributed by atoms with Gasteiger partial charge in [0.25, 0.3) is 0 Å². The Balaban J connectivity index is 1.54. The molecule has 4 heteroatoms. The van der Waals surface area contributed by atoms with E-state index < -0.39 is 0 Å². The van der Waals surface area contributed by atoms with Gasteiger partial charge in [-0.25, -0.2) is 0 Å². The molecule has 0 saturated heterocycles. The Kier molecular flexibility index (Phi) is 4.69. The van der Waals surface area contributed by atoms with Crippen molar-refractivity contribution in [2.24, 2.45) is 34.5 Å². The molecule has 8 atom stereocenters. The van der Waals surface area contributed by atoms with Gasteiger partial charge in [0.05, 0.1) is 24.2 Å². The Morgan fingerprint density at radius 2 is 1.79 bits per heavy atom. The molecule has 0 aromatic carbocycles. The maximum atomic E-state index is 11.4. The van der Waals surface area contributed by atoms with E-state index in [2.05, 4.69) is 42.9 Å². The minimum Gasteiger partial charge on any atom is -0.395 e. The highest BCUT2D eigenvalue weighted by atomic mass is 16.3. The topological polar surface area (TPSA) is 64.6 Å². The number of hydrogen-bond acceptors (Lipinski definition) is 3. The van der Waals surface area contributed by atoms with Gasteiger partial charge in [-0.15, -0.1) is 0 Å². The zero-order valence-corrected chi connectivity index (χ0v) is 17.8. The Bertz CT molecular complexity index is 808. The van der Waals surface area contributed by atoms with Crippen LogP contribution in [0.15, 0.2) is 36.2 Å². The fraction of sp³-hybridized carbons (Fsp3) is 0.720. The van der Waals surface area contributed by atoms with Gasteiger partial charge < -0.3 is 15.3 Å². The molecule has 29 heavy (non-hydrogen) atoms. The summed E-state index contributed by atoms with van der Waals surface area (Å²) >= 11 is 0. The van der Waals surface area contributed by atoms with Crippen molar-refractivity contribution in [3.05, 3.63) is 36.2 Å². The molecule has 158 valence electrons. The molecule has 8 unspecified atom stereocenters. The lowest BCUT2D eigenvalue weighted by Crippen LogP contribution is -2.60. The number of pyridine rings is 1. The predicted octanol–water partition coefficient (Wildman–Crippen LogP) is 3.16. The summed E-state index contributed by atoms with van der Waals surface area (Å²) in [4.78, 5) is 0. The number of allylic oxidation sites excluding steroid dienone is 1. The average molecular weight is 399 g/mol. The van der Waals surface area contributed by atoms with E-state index in [0.29, 0.717) is 17.8 Å².